The Bertz CT molecular complexity index is 1380. The Hall–Kier alpha value is -3.56. The number of hydrogen-bond donors (Lipinski definition) is 1. The fourth-order valence-corrected chi connectivity index (χ4v) is 5.26. The molecule has 5 rings (SSSR count). The zero-order chi connectivity index (χ0) is 22.8. The number of pyridine rings is 1. The summed E-state index contributed by atoms with van der Waals surface area (Å²) in [6.45, 7) is 3.23. The molecule has 0 bridgehead atoms. The molecule has 9 heteroatoms. The Labute approximate surface area is 192 Å². The van der Waals surface area contributed by atoms with E-state index >= 15 is 0 Å². The van der Waals surface area contributed by atoms with Crippen molar-refractivity contribution in [1.29, 1.82) is 0 Å². The second kappa shape index (κ2) is 8.76. The molecule has 0 radical (unpaired) electrons. The van der Waals surface area contributed by atoms with Gasteiger partial charge < -0.3 is 19.7 Å². The number of methoxy groups -OCH3 is 1. The summed E-state index contributed by atoms with van der Waals surface area (Å²) >= 11 is 0. The van der Waals surface area contributed by atoms with Gasteiger partial charge in [0.15, 0.2) is 0 Å². The monoisotopic (exact) mass is 464 g/mol. The van der Waals surface area contributed by atoms with Crippen LogP contribution in [0.25, 0.3) is 10.9 Å². The summed E-state index contributed by atoms with van der Waals surface area (Å²) in [5, 5.41) is 4.00. The lowest BCUT2D eigenvalue weighted by Crippen LogP contribution is -2.36. The van der Waals surface area contributed by atoms with E-state index in [2.05, 4.69) is 27.3 Å². The van der Waals surface area contributed by atoms with Crippen molar-refractivity contribution in [2.24, 2.45) is 0 Å². The lowest BCUT2D eigenvalue weighted by molar-refractivity contribution is 0.122. The van der Waals surface area contributed by atoms with Crippen LogP contribution in [0.15, 0.2) is 78.0 Å². The molecule has 8 nitrogen and oxygen atoms in total. The van der Waals surface area contributed by atoms with Gasteiger partial charge in [-0.05, 0) is 42.5 Å². The highest BCUT2D eigenvalue weighted by molar-refractivity contribution is 7.90. The fourth-order valence-electron chi connectivity index (χ4n) is 3.88. The number of ether oxygens (including phenoxy) is 2. The third kappa shape index (κ3) is 4.24. The third-order valence-electron chi connectivity index (χ3n) is 5.65. The van der Waals surface area contributed by atoms with Gasteiger partial charge in [-0.15, -0.1) is 0 Å². The molecule has 0 spiro atoms. The maximum Gasteiger partial charge on any atom is 0.268 e. The summed E-state index contributed by atoms with van der Waals surface area (Å²) in [6.07, 6.45) is 3.21. The molecule has 3 heterocycles. The van der Waals surface area contributed by atoms with Crippen molar-refractivity contribution in [3.63, 3.8) is 0 Å². The summed E-state index contributed by atoms with van der Waals surface area (Å²) in [5.74, 6) is 1.04. The first-order chi connectivity index (χ1) is 16.0. The molecule has 170 valence electrons. The maximum atomic E-state index is 13.3. The minimum Gasteiger partial charge on any atom is -0.497 e. The van der Waals surface area contributed by atoms with E-state index in [1.165, 1.54) is 17.1 Å². The molecule has 2 aromatic carbocycles. The van der Waals surface area contributed by atoms with E-state index in [4.69, 9.17) is 9.47 Å². The first-order valence-electron chi connectivity index (χ1n) is 10.6. The third-order valence-corrected chi connectivity index (χ3v) is 7.34. The van der Waals surface area contributed by atoms with Crippen molar-refractivity contribution in [3.05, 3.63) is 73.1 Å². The Kier molecular flexibility index (Phi) is 5.65. The van der Waals surface area contributed by atoms with Crippen LogP contribution in [0, 0.1) is 0 Å². The number of rotatable bonds is 6. The number of morpholine rings is 1. The first-order valence-corrected chi connectivity index (χ1v) is 12.1. The molecular weight excluding hydrogens is 440 g/mol. The summed E-state index contributed by atoms with van der Waals surface area (Å²) in [4.78, 5) is 6.89. The van der Waals surface area contributed by atoms with Crippen LogP contribution in [0.3, 0.4) is 0 Å². The Morgan fingerprint density at radius 1 is 1.03 bits per heavy atom. The van der Waals surface area contributed by atoms with Gasteiger partial charge in [0.2, 0.25) is 0 Å². The van der Waals surface area contributed by atoms with Crippen molar-refractivity contribution >= 4 is 38.1 Å². The second-order valence-corrected chi connectivity index (χ2v) is 9.51. The summed E-state index contributed by atoms with van der Waals surface area (Å²) in [7, 11) is -2.29. The summed E-state index contributed by atoms with van der Waals surface area (Å²) < 4.78 is 38.4. The van der Waals surface area contributed by atoms with Gasteiger partial charge in [0.1, 0.15) is 11.6 Å². The van der Waals surface area contributed by atoms with E-state index < -0.39 is 10.0 Å². The normalized spacial score (nSPS) is 14.4. The number of nitrogens with one attached hydrogen (secondary N) is 1. The molecule has 0 aliphatic carbocycles. The highest BCUT2D eigenvalue weighted by Gasteiger charge is 2.20. The lowest BCUT2D eigenvalue weighted by Gasteiger charge is -2.28. The second-order valence-electron chi connectivity index (χ2n) is 7.70. The van der Waals surface area contributed by atoms with Gasteiger partial charge in [0, 0.05) is 54.4 Å². The summed E-state index contributed by atoms with van der Waals surface area (Å²) in [6, 6.07) is 18.0. The minimum atomic E-state index is -3.80. The Balaban J connectivity index is 1.42. The number of nitrogens with zero attached hydrogens (tertiary/aromatic N) is 3. The Morgan fingerprint density at radius 3 is 2.58 bits per heavy atom. The highest BCUT2D eigenvalue weighted by Crippen LogP contribution is 2.27. The molecule has 1 fully saturated rings. The van der Waals surface area contributed by atoms with E-state index in [9.17, 15) is 8.42 Å². The van der Waals surface area contributed by atoms with Crippen molar-refractivity contribution in [3.8, 4) is 5.75 Å². The topological polar surface area (TPSA) is 85.7 Å². The van der Waals surface area contributed by atoms with Crippen LogP contribution in [0.1, 0.15) is 0 Å². The van der Waals surface area contributed by atoms with E-state index in [1.54, 1.807) is 42.7 Å². The highest BCUT2D eigenvalue weighted by atomic mass is 32.2. The number of aromatic nitrogens is 2. The van der Waals surface area contributed by atoms with Crippen molar-refractivity contribution in [1.82, 2.24) is 8.96 Å². The van der Waals surface area contributed by atoms with E-state index in [1.807, 2.05) is 12.1 Å². The molecule has 1 aliphatic heterocycles. The van der Waals surface area contributed by atoms with Crippen LogP contribution in [0.5, 0.6) is 5.75 Å². The van der Waals surface area contributed by atoms with Crippen LogP contribution in [-0.4, -0.2) is 50.8 Å². The van der Waals surface area contributed by atoms with Crippen molar-refractivity contribution < 1.29 is 17.9 Å². The van der Waals surface area contributed by atoms with Crippen LogP contribution in [0.4, 0.5) is 17.2 Å². The van der Waals surface area contributed by atoms with E-state index in [-0.39, 0.29) is 4.90 Å². The van der Waals surface area contributed by atoms with Crippen LogP contribution in [-0.2, 0) is 14.8 Å². The van der Waals surface area contributed by atoms with Crippen LogP contribution >= 0.6 is 0 Å². The van der Waals surface area contributed by atoms with Gasteiger partial charge in [-0.3, -0.25) is 0 Å². The molecule has 0 atom stereocenters. The van der Waals surface area contributed by atoms with Gasteiger partial charge in [0.25, 0.3) is 10.0 Å². The molecule has 4 aromatic rings. The van der Waals surface area contributed by atoms with Gasteiger partial charge in [-0.2, -0.15) is 0 Å². The molecule has 0 saturated carbocycles. The van der Waals surface area contributed by atoms with Gasteiger partial charge in [0.05, 0.1) is 30.7 Å². The predicted molar refractivity (Wildman–Crippen MR) is 128 cm³/mol. The van der Waals surface area contributed by atoms with E-state index in [0.29, 0.717) is 17.1 Å². The first kappa shape index (κ1) is 21.3. The number of hydrogen-bond acceptors (Lipinski definition) is 7. The smallest absolute Gasteiger partial charge is 0.268 e. The van der Waals surface area contributed by atoms with E-state index in [0.717, 1.165) is 43.1 Å². The average molecular weight is 465 g/mol. The zero-order valence-electron chi connectivity index (χ0n) is 18.1. The molecule has 1 saturated heterocycles. The number of fused-ring (bicyclic) bond motifs is 1. The largest absolute Gasteiger partial charge is 0.497 e. The molecule has 0 amide bonds. The molecule has 1 N–H and O–H groups in total. The molecule has 33 heavy (non-hydrogen) atoms. The summed E-state index contributed by atoms with van der Waals surface area (Å²) in [5.41, 5.74) is 2.55. The van der Waals surface area contributed by atoms with Crippen LogP contribution < -0.4 is 15.0 Å². The van der Waals surface area contributed by atoms with Gasteiger partial charge in [-0.25, -0.2) is 17.4 Å². The quantitative estimate of drug-likeness (QED) is 0.464. The van der Waals surface area contributed by atoms with Crippen LogP contribution in [0.2, 0.25) is 0 Å². The maximum absolute atomic E-state index is 13.3. The van der Waals surface area contributed by atoms with Gasteiger partial charge in [-0.1, -0.05) is 6.07 Å². The Morgan fingerprint density at radius 2 is 1.82 bits per heavy atom. The fraction of sp³-hybridized carbons (Fsp3) is 0.208. The predicted octanol–water partition coefficient (Wildman–Crippen LogP) is 3.86. The molecule has 1 aliphatic rings. The van der Waals surface area contributed by atoms with Gasteiger partial charge >= 0.3 is 0 Å². The number of anilines is 3. The SMILES string of the molecule is COc1cccc(S(=O)(=O)n2ccc3cnc(Nc4ccc(N5CCOCC5)cc4)cc32)c1. The lowest BCUT2D eigenvalue weighted by atomic mass is 10.2. The molecule has 2 aromatic heterocycles. The van der Waals surface area contributed by atoms with Crippen molar-refractivity contribution in [2.75, 3.05) is 43.6 Å². The molecular formula is C24H24N4O4S. The number of benzene rings is 2. The molecule has 0 unspecified atom stereocenters. The van der Waals surface area contributed by atoms with Crippen molar-refractivity contribution in [2.45, 2.75) is 4.90 Å². The minimum absolute atomic E-state index is 0.157. The zero-order valence-corrected chi connectivity index (χ0v) is 19.0. The average Bonchev–Trinajstić information content (AvgIpc) is 3.29. The standard InChI is InChI=1S/C24H24N4O4S/c1-31-21-3-2-4-22(15-21)33(29,30)28-10-9-18-17-25-24(16-23(18)28)26-19-5-7-20(8-6-19)27-11-13-32-14-12-27/h2-10,15-17H,11-14H2,1H3,(H,25,26).